The van der Waals surface area contributed by atoms with Crippen molar-refractivity contribution in [1.82, 2.24) is 15.6 Å². The zero-order valence-corrected chi connectivity index (χ0v) is 19.5. The van der Waals surface area contributed by atoms with Gasteiger partial charge < -0.3 is 25.5 Å². The number of phenols is 1. The molecule has 0 saturated carbocycles. The van der Waals surface area contributed by atoms with E-state index < -0.39 is 0 Å². The van der Waals surface area contributed by atoms with Crippen LogP contribution < -0.4 is 15.4 Å². The van der Waals surface area contributed by atoms with Crippen molar-refractivity contribution in [2.24, 2.45) is 4.99 Å². The summed E-state index contributed by atoms with van der Waals surface area (Å²) in [4.78, 5) is 7.69. The SMILES string of the molecule is CCNC(=NCCc1ccc(OC)cc1O)NCCc1c[nH]c2cc(F)ccc12.I. The average Bonchev–Trinajstić information content (AvgIpc) is 3.11. The molecule has 1 heterocycles. The van der Waals surface area contributed by atoms with E-state index in [0.717, 1.165) is 41.0 Å². The molecular formula is C22H28FIN4O2. The third-order valence-corrected chi connectivity index (χ3v) is 4.70. The number of aromatic amines is 1. The van der Waals surface area contributed by atoms with E-state index in [1.165, 1.54) is 12.1 Å². The Morgan fingerprint density at radius 3 is 2.70 bits per heavy atom. The maximum Gasteiger partial charge on any atom is 0.191 e. The van der Waals surface area contributed by atoms with Gasteiger partial charge in [0.25, 0.3) is 0 Å². The van der Waals surface area contributed by atoms with Crippen molar-refractivity contribution < 1.29 is 14.2 Å². The molecule has 3 aromatic rings. The zero-order chi connectivity index (χ0) is 20.6. The number of ether oxygens (including phenoxy) is 1. The third kappa shape index (κ3) is 6.25. The number of phenolic OH excluding ortho intramolecular Hbond substituents is 1. The number of hydrogen-bond donors (Lipinski definition) is 4. The number of aromatic hydroxyl groups is 1. The first-order valence-corrected chi connectivity index (χ1v) is 9.74. The first kappa shape index (κ1) is 23.8. The summed E-state index contributed by atoms with van der Waals surface area (Å²) in [6.07, 6.45) is 3.33. The van der Waals surface area contributed by atoms with Crippen molar-refractivity contribution in [1.29, 1.82) is 0 Å². The van der Waals surface area contributed by atoms with E-state index >= 15 is 0 Å². The number of halogens is 2. The summed E-state index contributed by atoms with van der Waals surface area (Å²) in [6.45, 7) is 4.01. The summed E-state index contributed by atoms with van der Waals surface area (Å²) in [6, 6.07) is 10.1. The van der Waals surface area contributed by atoms with Crippen LogP contribution in [0.15, 0.2) is 47.6 Å². The predicted molar refractivity (Wildman–Crippen MR) is 130 cm³/mol. The van der Waals surface area contributed by atoms with E-state index in [1.807, 2.05) is 25.3 Å². The molecule has 30 heavy (non-hydrogen) atoms. The maximum atomic E-state index is 13.3. The van der Waals surface area contributed by atoms with E-state index in [1.54, 1.807) is 19.2 Å². The van der Waals surface area contributed by atoms with Gasteiger partial charge in [-0.2, -0.15) is 0 Å². The Bertz CT molecular complexity index is 990. The van der Waals surface area contributed by atoms with Crippen LogP contribution in [0.5, 0.6) is 11.5 Å². The zero-order valence-electron chi connectivity index (χ0n) is 17.2. The second-order valence-electron chi connectivity index (χ2n) is 6.69. The number of nitrogens with zero attached hydrogens (tertiary/aromatic N) is 1. The largest absolute Gasteiger partial charge is 0.508 e. The Balaban J connectivity index is 0.00000320. The van der Waals surface area contributed by atoms with Crippen molar-refractivity contribution in [3.8, 4) is 11.5 Å². The number of fused-ring (bicyclic) bond motifs is 1. The van der Waals surface area contributed by atoms with Crippen LogP contribution in [0.2, 0.25) is 0 Å². The smallest absolute Gasteiger partial charge is 0.191 e. The minimum Gasteiger partial charge on any atom is -0.508 e. The Morgan fingerprint density at radius 2 is 1.97 bits per heavy atom. The number of rotatable bonds is 8. The molecule has 0 aliphatic carbocycles. The fourth-order valence-corrected chi connectivity index (χ4v) is 3.19. The van der Waals surface area contributed by atoms with Crippen LogP contribution in [0.1, 0.15) is 18.1 Å². The predicted octanol–water partition coefficient (Wildman–Crippen LogP) is 3.98. The molecule has 4 N–H and O–H groups in total. The number of aromatic nitrogens is 1. The molecule has 8 heteroatoms. The number of nitrogens with one attached hydrogen (secondary N) is 3. The van der Waals surface area contributed by atoms with E-state index in [2.05, 4.69) is 20.6 Å². The fraction of sp³-hybridized carbons (Fsp3) is 0.318. The highest BCUT2D eigenvalue weighted by Gasteiger charge is 2.06. The molecule has 162 valence electrons. The standard InChI is InChI=1S/C22H27FN4O2.HI/c1-3-24-22(25-10-8-15-4-6-18(29-2)13-21(15)28)26-11-9-16-14-27-20-12-17(23)5-7-19(16)20;/h4-7,12-14,27-28H,3,8-11H2,1-2H3,(H2,24,25,26);1H. The van der Waals surface area contributed by atoms with E-state index in [9.17, 15) is 9.50 Å². The van der Waals surface area contributed by atoms with E-state index in [4.69, 9.17) is 4.74 Å². The Hall–Kier alpha value is -2.49. The highest BCUT2D eigenvalue weighted by Crippen LogP contribution is 2.23. The summed E-state index contributed by atoms with van der Waals surface area (Å²) in [5.41, 5.74) is 2.77. The molecule has 0 fully saturated rings. The van der Waals surface area contributed by atoms with Crippen LogP contribution in [0, 0.1) is 5.82 Å². The first-order valence-electron chi connectivity index (χ1n) is 9.74. The van der Waals surface area contributed by atoms with Gasteiger partial charge in [-0.1, -0.05) is 6.07 Å². The molecular weight excluding hydrogens is 498 g/mol. The molecule has 0 atom stereocenters. The lowest BCUT2D eigenvalue weighted by Crippen LogP contribution is -2.38. The van der Waals surface area contributed by atoms with Gasteiger partial charge in [0.05, 0.1) is 7.11 Å². The monoisotopic (exact) mass is 526 g/mol. The van der Waals surface area contributed by atoms with Gasteiger partial charge >= 0.3 is 0 Å². The molecule has 6 nitrogen and oxygen atoms in total. The van der Waals surface area contributed by atoms with Gasteiger partial charge in [0.1, 0.15) is 17.3 Å². The molecule has 3 rings (SSSR count). The molecule has 0 saturated heterocycles. The third-order valence-electron chi connectivity index (χ3n) is 4.70. The quantitative estimate of drug-likeness (QED) is 0.204. The summed E-state index contributed by atoms with van der Waals surface area (Å²) in [5, 5.41) is 17.6. The maximum absolute atomic E-state index is 13.3. The van der Waals surface area contributed by atoms with Crippen LogP contribution in [0.4, 0.5) is 4.39 Å². The number of benzene rings is 2. The van der Waals surface area contributed by atoms with Gasteiger partial charge in [-0.3, -0.25) is 4.99 Å². The minimum atomic E-state index is -0.242. The average molecular weight is 526 g/mol. The number of aliphatic imine (C=N–C) groups is 1. The molecule has 0 bridgehead atoms. The second kappa shape index (κ2) is 11.6. The van der Waals surface area contributed by atoms with E-state index in [0.29, 0.717) is 25.3 Å². The number of H-pyrrole nitrogens is 1. The van der Waals surface area contributed by atoms with Crippen molar-refractivity contribution in [2.45, 2.75) is 19.8 Å². The van der Waals surface area contributed by atoms with Crippen molar-refractivity contribution in [2.75, 3.05) is 26.7 Å². The highest BCUT2D eigenvalue weighted by molar-refractivity contribution is 14.0. The first-order chi connectivity index (χ1) is 14.1. The molecule has 0 amide bonds. The van der Waals surface area contributed by atoms with Crippen molar-refractivity contribution >= 4 is 40.8 Å². The van der Waals surface area contributed by atoms with Gasteiger partial charge in [0, 0.05) is 42.8 Å². The number of hydrogen-bond acceptors (Lipinski definition) is 3. The van der Waals surface area contributed by atoms with Crippen molar-refractivity contribution in [3.05, 3.63) is 59.5 Å². The lowest BCUT2D eigenvalue weighted by molar-refractivity contribution is 0.406. The molecule has 1 aromatic heterocycles. The molecule has 0 radical (unpaired) electrons. The lowest BCUT2D eigenvalue weighted by atomic mass is 10.1. The van der Waals surface area contributed by atoms with Crippen molar-refractivity contribution in [3.63, 3.8) is 0 Å². The summed E-state index contributed by atoms with van der Waals surface area (Å²) >= 11 is 0. The molecule has 0 aliphatic heterocycles. The summed E-state index contributed by atoms with van der Waals surface area (Å²) in [7, 11) is 1.57. The number of methoxy groups -OCH3 is 1. The van der Waals surface area contributed by atoms with Gasteiger partial charge in [0.15, 0.2) is 5.96 Å². The molecule has 2 aromatic carbocycles. The number of guanidine groups is 1. The van der Waals surface area contributed by atoms with Gasteiger partial charge in [-0.05, 0) is 55.2 Å². The van der Waals surface area contributed by atoms with Crippen LogP contribution in [0.25, 0.3) is 10.9 Å². The molecule has 0 unspecified atom stereocenters. The molecule has 0 spiro atoms. The normalized spacial score (nSPS) is 11.2. The topological polar surface area (TPSA) is 81.7 Å². The Morgan fingerprint density at radius 1 is 1.13 bits per heavy atom. The minimum absolute atomic E-state index is 0. The van der Waals surface area contributed by atoms with Crippen LogP contribution in [-0.4, -0.2) is 42.8 Å². The van der Waals surface area contributed by atoms with Gasteiger partial charge in [-0.15, -0.1) is 24.0 Å². The lowest BCUT2D eigenvalue weighted by Gasteiger charge is -2.11. The summed E-state index contributed by atoms with van der Waals surface area (Å²) in [5.74, 6) is 1.33. The Kier molecular flexibility index (Phi) is 9.22. The van der Waals surface area contributed by atoms with Crippen LogP contribution in [-0.2, 0) is 12.8 Å². The second-order valence-corrected chi connectivity index (χ2v) is 6.69. The highest BCUT2D eigenvalue weighted by atomic mass is 127. The fourth-order valence-electron chi connectivity index (χ4n) is 3.19. The van der Waals surface area contributed by atoms with Crippen LogP contribution in [0.3, 0.4) is 0 Å². The Labute approximate surface area is 193 Å². The van der Waals surface area contributed by atoms with Gasteiger partial charge in [-0.25, -0.2) is 4.39 Å². The molecule has 0 aliphatic rings. The van der Waals surface area contributed by atoms with Gasteiger partial charge in [0.2, 0.25) is 0 Å². The van der Waals surface area contributed by atoms with Crippen LogP contribution >= 0.6 is 24.0 Å². The van der Waals surface area contributed by atoms with E-state index in [-0.39, 0.29) is 35.5 Å². The summed E-state index contributed by atoms with van der Waals surface area (Å²) < 4.78 is 18.4.